The summed E-state index contributed by atoms with van der Waals surface area (Å²) in [6, 6.07) is 9.49. The van der Waals surface area contributed by atoms with Gasteiger partial charge in [0.15, 0.2) is 0 Å². The van der Waals surface area contributed by atoms with Crippen LogP contribution in [0.25, 0.3) is 0 Å². The number of hydrogen-bond donors (Lipinski definition) is 0. The number of aryl methyl sites for hydroxylation is 1. The Kier molecular flexibility index (Phi) is 5.93. The van der Waals surface area contributed by atoms with Crippen molar-refractivity contribution < 1.29 is 14.3 Å². The van der Waals surface area contributed by atoms with Gasteiger partial charge in [-0.1, -0.05) is 6.07 Å². The number of rotatable bonds is 5. The Labute approximate surface area is 158 Å². The van der Waals surface area contributed by atoms with E-state index in [1.54, 1.807) is 11.3 Å². The normalized spacial score (nSPS) is 14.4. The van der Waals surface area contributed by atoms with Crippen LogP contribution in [0.3, 0.4) is 0 Å². The van der Waals surface area contributed by atoms with E-state index in [1.165, 1.54) is 0 Å². The number of carbonyl (C=O) groups excluding carboxylic acids is 2. The molecule has 1 fully saturated rings. The molecule has 5 nitrogen and oxygen atoms in total. The van der Waals surface area contributed by atoms with Crippen LogP contribution in [0.1, 0.15) is 27.7 Å². The molecule has 1 saturated heterocycles. The van der Waals surface area contributed by atoms with E-state index in [9.17, 15) is 9.59 Å². The van der Waals surface area contributed by atoms with Crippen LogP contribution >= 0.6 is 11.3 Å². The highest BCUT2D eigenvalue weighted by Gasteiger charge is 2.25. The lowest BCUT2D eigenvalue weighted by molar-refractivity contribution is -0.131. The Bertz CT molecular complexity index is 765. The van der Waals surface area contributed by atoms with Gasteiger partial charge in [0, 0.05) is 36.6 Å². The molecule has 1 aromatic carbocycles. The van der Waals surface area contributed by atoms with Gasteiger partial charge >= 0.3 is 0 Å². The maximum atomic E-state index is 12.7. The standard InChI is InChI=1S/C20H24N2O3S/c1-3-25-18-7-6-16(13-15(18)2)20(24)22-10-8-21(9-11-22)19(23)14-17-5-4-12-26-17/h4-7,12-13H,3,8-11,14H2,1-2H3. The summed E-state index contributed by atoms with van der Waals surface area (Å²) >= 11 is 1.60. The number of thiophene rings is 1. The van der Waals surface area contributed by atoms with Crippen molar-refractivity contribution in [1.82, 2.24) is 9.80 Å². The van der Waals surface area contributed by atoms with E-state index >= 15 is 0 Å². The summed E-state index contributed by atoms with van der Waals surface area (Å²) in [4.78, 5) is 29.9. The van der Waals surface area contributed by atoms with E-state index in [1.807, 2.05) is 59.4 Å². The number of amides is 2. The molecule has 0 spiro atoms. The van der Waals surface area contributed by atoms with Gasteiger partial charge in [0.1, 0.15) is 5.75 Å². The predicted octanol–water partition coefficient (Wildman–Crippen LogP) is 2.98. The number of benzene rings is 1. The number of piperazine rings is 1. The Morgan fingerprint density at radius 1 is 1.12 bits per heavy atom. The molecule has 2 heterocycles. The van der Waals surface area contributed by atoms with Gasteiger partial charge in [-0.3, -0.25) is 9.59 Å². The zero-order chi connectivity index (χ0) is 18.5. The minimum Gasteiger partial charge on any atom is -0.494 e. The van der Waals surface area contributed by atoms with Crippen molar-refractivity contribution in [2.75, 3.05) is 32.8 Å². The third-order valence-corrected chi connectivity index (χ3v) is 5.42. The van der Waals surface area contributed by atoms with Crippen LogP contribution in [-0.2, 0) is 11.2 Å². The van der Waals surface area contributed by atoms with E-state index in [0.717, 1.165) is 16.2 Å². The smallest absolute Gasteiger partial charge is 0.253 e. The highest BCUT2D eigenvalue weighted by Crippen LogP contribution is 2.20. The molecule has 0 radical (unpaired) electrons. The van der Waals surface area contributed by atoms with Crippen LogP contribution < -0.4 is 4.74 Å². The second kappa shape index (κ2) is 8.36. The van der Waals surface area contributed by atoms with E-state index in [-0.39, 0.29) is 11.8 Å². The summed E-state index contributed by atoms with van der Waals surface area (Å²) < 4.78 is 5.53. The number of carbonyl (C=O) groups is 2. The fraction of sp³-hybridized carbons (Fsp3) is 0.400. The van der Waals surface area contributed by atoms with Gasteiger partial charge in [0.25, 0.3) is 5.91 Å². The minimum absolute atomic E-state index is 0.0153. The largest absolute Gasteiger partial charge is 0.494 e. The molecule has 26 heavy (non-hydrogen) atoms. The van der Waals surface area contributed by atoms with Crippen molar-refractivity contribution in [3.63, 3.8) is 0 Å². The van der Waals surface area contributed by atoms with Crippen LogP contribution in [0.15, 0.2) is 35.7 Å². The Morgan fingerprint density at radius 2 is 1.85 bits per heavy atom. The van der Waals surface area contributed by atoms with E-state index in [2.05, 4.69) is 0 Å². The quantitative estimate of drug-likeness (QED) is 0.811. The van der Waals surface area contributed by atoms with Gasteiger partial charge < -0.3 is 14.5 Å². The predicted molar refractivity (Wildman–Crippen MR) is 103 cm³/mol. The van der Waals surface area contributed by atoms with Crippen LogP contribution in [0, 0.1) is 6.92 Å². The van der Waals surface area contributed by atoms with Crippen molar-refractivity contribution in [3.8, 4) is 5.75 Å². The second-order valence-electron chi connectivity index (χ2n) is 6.34. The first-order chi connectivity index (χ1) is 12.6. The second-order valence-corrected chi connectivity index (χ2v) is 7.37. The maximum Gasteiger partial charge on any atom is 0.253 e. The van der Waals surface area contributed by atoms with Crippen LogP contribution in [0.5, 0.6) is 5.75 Å². The van der Waals surface area contributed by atoms with Crippen molar-refractivity contribution in [3.05, 3.63) is 51.7 Å². The number of nitrogens with zero attached hydrogens (tertiary/aromatic N) is 2. The highest BCUT2D eigenvalue weighted by atomic mass is 32.1. The van der Waals surface area contributed by atoms with Gasteiger partial charge in [0.05, 0.1) is 13.0 Å². The lowest BCUT2D eigenvalue weighted by Crippen LogP contribution is -2.51. The molecular weight excluding hydrogens is 348 g/mol. The SMILES string of the molecule is CCOc1ccc(C(=O)N2CCN(C(=O)Cc3cccs3)CC2)cc1C. The lowest BCUT2D eigenvalue weighted by Gasteiger charge is -2.35. The highest BCUT2D eigenvalue weighted by molar-refractivity contribution is 7.10. The van der Waals surface area contributed by atoms with Gasteiger partial charge in [-0.05, 0) is 49.1 Å². The summed E-state index contributed by atoms with van der Waals surface area (Å²) in [6.45, 7) is 6.82. The summed E-state index contributed by atoms with van der Waals surface area (Å²) in [6.07, 6.45) is 0.448. The van der Waals surface area contributed by atoms with Gasteiger partial charge in [-0.15, -0.1) is 11.3 Å². The van der Waals surface area contributed by atoms with E-state index in [0.29, 0.717) is 44.8 Å². The Hall–Kier alpha value is -2.34. The van der Waals surface area contributed by atoms with Crippen LogP contribution in [-0.4, -0.2) is 54.4 Å². The summed E-state index contributed by atoms with van der Waals surface area (Å²) in [7, 11) is 0. The molecule has 0 atom stereocenters. The Morgan fingerprint density at radius 3 is 2.46 bits per heavy atom. The van der Waals surface area contributed by atoms with Crippen molar-refractivity contribution in [1.29, 1.82) is 0 Å². The molecule has 138 valence electrons. The molecule has 1 aromatic heterocycles. The third-order valence-electron chi connectivity index (χ3n) is 4.55. The van der Waals surface area contributed by atoms with Crippen LogP contribution in [0.4, 0.5) is 0 Å². The molecular formula is C20H24N2O3S. The number of hydrogen-bond acceptors (Lipinski definition) is 4. The summed E-state index contributed by atoms with van der Waals surface area (Å²) in [5, 5.41) is 1.98. The molecule has 1 aliphatic heterocycles. The minimum atomic E-state index is 0.0153. The van der Waals surface area contributed by atoms with E-state index < -0.39 is 0 Å². The molecule has 6 heteroatoms. The van der Waals surface area contributed by atoms with Gasteiger partial charge in [-0.25, -0.2) is 0 Å². The van der Waals surface area contributed by atoms with E-state index in [4.69, 9.17) is 4.74 Å². The molecule has 0 aliphatic carbocycles. The summed E-state index contributed by atoms with van der Waals surface area (Å²) in [5.41, 5.74) is 1.63. The first-order valence-corrected chi connectivity index (χ1v) is 9.79. The first kappa shape index (κ1) is 18.5. The topological polar surface area (TPSA) is 49.9 Å². The molecule has 2 aromatic rings. The van der Waals surface area contributed by atoms with Crippen molar-refractivity contribution in [2.45, 2.75) is 20.3 Å². The number of ether oxygens (including phenoxy) is 1. The zero-order valence-corrected chi connectivity index (χ0v) is 16.1. The fourth-order valence-corrected chi connectivity index (χ4v) is 3.81. The average Bonchev–Trinajstić information content (AvgIpc) is 3.16. The molecule has 3 rings (SSSR count). The molecule has 0 N–H and O–H groups in total. The zero-order valence-electron chi connectivity index (χ0n) is 15.2. The molecule has 0 saturated carbocycles. The maximum absolute atomic E-state index is 12.7. The molecule has 1 aliphatic rings. The lowest BCUT2D eigenvalue weighted by atomic mass is 10.1. The van der Waals surface area contributed by atoms with Crippen molar-refractivity contribution >= 4 is 23.2 Å². The monoisotopic (exact) mass is 372 g/mol. The molecule has 0 unspecified atom stereocenters. The molecule has 0 bridgehead atoms. The fourth-order valence-electron chi connectivity index (χ4n) is 3.12. The van der Waals surface area contributed by atoms with Crippen LogP contribution in [0.2, 0.25) is 0 Å². The van der Waals surface area contributed by atoms with Gasteiger partial charge in [-0.2, -0.15) is 0 Å². The molecule has 2 amide bonds. The first-order valence-electron chi connectivity index (χ1n) is 8.91. The van der Waals surface area contributed by atoms with Gasteiger partial charge in [0.2, 0.25) is 5.91 Å². The Balaban J connectivity index is 1.56. The third kappa shape index (κ3) is 4.25. The summed E-state index contributed by atoms with van der Waals surface area (Å²) in [5.74, 6) is 0.964. The van der Waals surface area contributed by atoms with Crippen molar-refractivity contribution in [2.24, 2.45) is 0 Å². The average molecular weight is 372 g/mol.